The first kappa shape index (κ1) is 16.6. The van der Waals surface area contributed by atoms with Crippen LogP contribution < -0.4 is 0 Å². The molecule has 0 unspecified atom stereocenters. The molecule has 0 bridgehead atoms. The molecule has 1 fully saturated rings. The highest BCUT2D eigenvalue weighted by Gasteiger charge is 2.22. The second-order valence-corrected chi connectivity index (χ2v) is 6.79. The smallest absolute Gasteiger partial charge is 0.236 e. The summed E-state index contributed by atoms with van der Waals surface area (Å²) >= 11 is 1.66. The number of rotatable bonds is 7. The zero-order valence-corrected chi connectivity index (χ0v) is 14.6. The van der Waals surface area contributed by atoms with Gasteiger partial charge < -0.3 is 13.9 Å². The number of hydrogen-bond acceptors (Lipinski definition) is 6. The average Bonchev–Trinajstić information content (AvgIpc) is 3.20. The molecule has 0 spiro atoms. The molecule has 0 aliphatic carbocycles. The lowest BCUT2D eigenvalue weighted by Crippen LogP contribution is -2.37. The van der Waals surface area contributed by atoms with E-state index in [0.29, 0.717) is 19.3 Å². The SMILES string of the molecule is COCCOC1CCN(Cc2nc(-c3cccs3)oc2C)CC1. The monoisotopic (exact) mass is 336 g/mol. The molecule has 0 saturated carbocycles. The molecule has 3 rings (SSSR count). The topological polar surface area (TPSA) is 47.7 Å². The van der Waals surface area contributed by atoms with E-state index in [2.05, 4.69) is 9.88 Å². The van der Waals surface area contributed by atoms with Crippen LogP contribution in [0.2, 0.25) is 0 Å². The summed E-state index contributed by atoms with van der Waals surface area (Å²) in [6, 6.07) is 4.07. The predicted octanol–water partition coefficient (Wildman–Crippen LogP) is 3.34. The van der Waals surface area contributed by atoms with Crippen molar-refractivity contribution >= 4 is 11.3 Å². The van der Waals surface area contributed by atoms with E-state index >= 15 is 0 Å². The van der Waals surface area contributed by atoms with Crippen molar-refractivity contribution in [1.29, 1.82) is 0 Å². The largest absolute Gasteiger partial charge is 0.440 e. The lowest BCUT2D eigenvalue weighted by molar-refractivity contribution is -0.0159. The maximum Gasteiger partial charge on any atom is 0.236 e. The van der Waals surface area contributed by atoms with Gasteiger partial charge in [-0.1, -0.05) is 6.07 Å². The molecule has 0 atom stereocenters. The molecule has 2 aromatic heterocycles. The van der Waals surface area contributed by atoms with E-state index < -0.39 is 0 Å². The summed E-state index contributed by atoms with van der Waals surface area (Å²) in [5, 5.41) is 2.04. The van der Waals surface area contributed by atoms with E-state index in [4.69, 9.17) is 13.9 Å². The summed E-state index contributed by atoms with van der Waals surface area (Å²) in [5.74, 6) is 1.66. The molecule has 2 aromatic rings. The highest BCUT2D eigenvalue weighted by atomic mass is 32.1. The van der Waals surface area contributed by atoms with E-state index in [1.54, 1.807) is 18.4 Å². The van der Waals surface area contributed by atoms with Crippen LogP contribution in [0.25, 0.3) is 10.8 Å². The molecule has 126 valence electrons. The Morgan fingerprint density at radius 3 is 2.87 bits per heavy atom. The average molecular weight is 336 g/mol. The molecule has 23 heavy (non-hydrogen) atoms. The number of aryl methyl sites for hydroxylation is 1. The lowest BCUT2D eigenvalue weighted by atomic mass is 10.1. The van der Waals surface area contributed by atoms with Gasteiger partial charge in [0.05, 0.1) is 29.9 Å². The standard InChI is InChI=1S/C17H24N2O3S/c1-13-15(18-17(22-13)16-4-3-11-23-16)12-19-7-5-14(6-8-19)21-10-9-20-2/h3-4,11,14H,5-10,12H2,1-2H3. The number of aromatic nitrogens is 1. The van der Waals surface area contributed by atoms with E-state index in [-0.39, 0.29) is 0 Å². The number of oxazole rings is 1. The Hall–Kier alpha value is -1.21. The summed E-state index contributed by atoms with van der Waals surface area (Å²) in [7, 11) is 1.71. The van der Waals surface area contributed by atoms with Crippen molar-refractivity contribution < 1.29 is 13.9 Å². The minimum atomic E-state index is 0.362. The number of nitrogens with zero attached hydrogens (tertiary/aromatic N) is 2. The fourth-order valence-electron chi connectivity index (χ4n) is 2.82. The summed E-state index contributed by atoms with van der Waals surface area (Å²) in [5.41, 5.74) is 1.05. The van der Waals surface area contributed by atoms with E-state index in [1.807, 2.05) is 24.4 Å². The minimum Gasteiger partial charge on any atom is -0.440 e. The number of thiophene rings is 1. The Labute approximate surface area is 141 Å². The van der Waals surface area contributed by atoms with Crippen LogP contribution in [0.4, 0.5) is 0 Å². The molecular weight excluding hydrogens is 312 g/mol. The predicted molar refractivity (Wildman–Crippen MR) is 90.7 cm³/mol. The molecule has 1 aliphatic rings. The lowest BCUT2D eigenvalue weighted by Gasteiger charge is -2.31. The Bertz CT molecular complexity index is 589. The van der Waals surface area contributed by atoms with Gasteiger partial charge in [-0.05, 0) is 31.2 Å². The van der Waals surface area contributed by atoms with Gasteiger partial charge in [0.2, 0.25) is 5.89 Å². The number of piperidine rings is 1. The Balaban J connectivity index is 1.51. The first-order valence-electron chi connectivity index (χ1n) is 8.09. The third kappa shape index (κ3) is 4.41. The summed E-state index contributed by atoms with van der Waals surface area (Å²) in [6.07, 6.45) is 2.50. The van der Waals surface area contributed by atoms with E-state index in [1.165, 1.54) is 0 Å². The quantitative estimate of drug-likeness (QED) is 0.726. The van der Waals surface area contributed by atoms with Crippen LogP contribution in [-0.2, 0) is 16.0 Å². The van der Waals surface area contributed by atoms with Crippen molar-refractivity contribution in [3.05, 3.63) is 29.0 Å². The minimum absolute atomic E-state index is 0.362. The van der Waals surface area contributed by atoms with Crippen LogP contribution in [0.5, 0.6) is 0 Å². The van der Waals surface area contributed by atoms with Crippen LogP contribution in [0.15, 0.2) is 21.9 Å². The summed E-state index contributed by atoms with van der Waals surface area (Å²) < 4.78 is 16.7. The van der Waals surface area contributed by atoms with Crippen LogP contribution in [0, 0.1) is 6.92 Å². The van der Waals surface area contributed by atoms with Crippen molar-refractivity contribution in [3.8, 4) is 10.8 Å². The highest BCUT2D eigenvalue weighted by molar-refractivity contribution is 7.13. The molecule has 3 heterocycles. The number of likely N-dealkylation sites (tertiary alicyclic amines) is 1. The van der Waals surface area contributed by atoms with Gasteiger partial charge in [0.25, 0.3) is 0 Å². The second kappa shape index (κ2) is 8.06. The molecule has 5 nitrogen and oxygen atoms in total. The molecule has 1 saturated heterocycles. The Morgan fingerprint density at radius 1 is 1.35 bits per heavy atom. The Kier molecular flexibility index (Phi) is 5.83. The van der Waals surface area contributed by atoms with Gasteiger partial charge in [-0.25, -0.2) is 4.98 Å². The van der Waals surface area contributed by atoms with Crippen molar-refractivity contribution in [2.45, 2.75) is 32.4 Å². The first-order valence-corrected chi connectivity index (χ1v) is 8.97. The van der Waals surface area contributed by atoms with Gasteiger partial charge in [0.15, 0.2) is 0 Å². The molecule has 0 N–H and O–H groups in total. The molecule has 0 aromatic carbocycles. The van der Waals surface area contributed by atoms with Gasteiger partial charge in [-0.3, -0.25) is 4.90 Å². The van der Waals surface area contributed by atoms with Crippen molar-refractivity contribution in [2.75, 3.05) is 33.4 Å². The first-order chi connectivity index (χ1) is 11.3. The molecular formula is C17H24N2O3S. The zero-order valence-electron chi connectivity index (χ0n) is 13.8. The summed E-state index contributed by atoms with van der Waals surface area (Å²) in [4.78, 5) is 8.20. The summed E-state index contributed by atoms with van der Waals surface area (Å²) in [6.45, 7) is 6.29. The van der Waals surface area contributed by atoms with Crippen molar-refractivity contribution in [2.24, 2.45) is 0 Å². The van der Waals surface area contributed by atoms with Crippen LogP contribution >= 0.6 is 11.3 Å². The van der Waals surface area contributed by atoms with Crippen molar-refractivity contribution in [1.82, 2.24) is 9.88 Å². The highest BCUT2D eigenvalue weighted by Crippen LogP contribution is 2.27. The number of hydrogen-bond donors (Lipinski definition) is 0. The molecule has 1 aliphatic heterocycles. The van der Waals surface area contributed by atoms with Crippen LogP contribution in [-0.4, -0.2) is 49.4 Å². The Morgan fingerprint density at radius 2 is 2.17 bits per heavy atom. The van der Waals surface area contributed by atoms with Crippen molar-refractivity contribution in [3.63, 3.8) is 0 Å². The molecule has 6 heteroatoms. The fourth-order valence-corrected chi connectivity index (χ4v) is 3.47. The zero-order chi connectivity index (χ0) is 16.1. The maximum atomic E-state index is 5.82. The van der Waals surface area contributed by atoms with Crippen LogP contribution in [0.3, 0.4) is 0 Å². The normalized spacial score (nSPS) is 17.0. The van der Waals surface area contributed by atoms with Gasteiger partial charge in [0, 0.05) is 26.7 Å². The molecule has 0 radical (unpaired) electrons. The molecule has 0 amide bonds. The van der Waals surface area contributed by atoms with Gasteiger partial charge in [0.1, 0.15) is 5.76 Å². The van der Waals surface area contributed by atoms with Gasteiger partial charge >= 0.3 is 0 Å². The third-order valence-corrected chi connectivity index (χ3v) is 5.03. The number of ether oxygens (including phenoxy) is 2. The van der Waals surface area contributed by atoms with Crippen LogP contribution in [0.1, 0.15) is 24.3 Å². The maximum absolute atomic E-state index is 5.82. The third-order valence-electron chi connectivity index (χ3n) is 4.17. The van der Waals surface area contributed by atoms with Gasteiger partial charge in [-0.15, -0.1) is 11.3 Å². The van der Waals surface area contributed by atoms with Gasteiger partial charge in [-0.2, -0.15) is 0 Å². The fraction of sp³-hybridized carbons (Fsp3) is 0.588. The number of methoxy groups -OCH3 is 1. The van der Waals surface area contributed by atoms with E-state index in [0.717, 1.165) is 54.7 Å². The van der Waals surface area contributed by atoms with E-state index in [9.17, 15) is 0 Å². The second-order valence-electron chi connectivity index (χ2n) is 5.84.